The van der Waals surface area contributed by atoms with E-state index in [0.29, 0.717) is 35.1 Å². The van der Waals surface area contributed by atoms with Gasteiger partial charge in [-0.2, -0.15) is 9.97 Å². The maximum absolute atomic E-state index is 14.0. The van der Waals surface area contributed by atoms with Crippen molar-refractivity contribution in [2.24, 2.45) is 5.92 Å². The molecule has 2 atom stereocenters. The number of carbonyl (C=O) groups is 1. The summed E-state index contributed by atoms with van der Waals surface area (Å²) in [4.78, 5) is 27.7. The molecule has 42 heavy (non-hydrogen) atoms. The van der Waals surface area contributed by atoms with Gasteiger partial charge in [-0.05, 0) is 60.4 Å². The number of halogens is 1. The van der Waals surface area contributed by atoms with Crippen LogP contribution in [0.1, 0.15) is 74.1 Å². The normalized spacial score (nSPS) is 17.7. The van der Waals surface area contributed by atoms with Crippen LogP contribution in [0.5, 0.6) is 0 Å². The number of nitrogens with zero attached hydrogens (tertiary/aromatic N) is 4. The van der Waals surface area contributed by atoms with Gasteiger partial charge in [0.25, 0.3) is 0 Å². The Balaban J connectivity index is 1.25. The Morgan fingerprint density at radius 2 is 1.88 bits per heavy atom. The maximum Gasteiger partial charge on any atom is 0.243 e. The zero-order chi connectivity index (χ0) is 28.7. The van der Waals surface area contributed by atoms with Crippen molar-refractivity contribution in [3.05, 3.63) is 95.0 Å². The number of fused-ring (bicyclic) bond motifs is 1. The number of hydrogen-bond acceptors (Lipinski definition) is 6. The molecule has 9 heteroatoms. The molecule has 2 aliphatic carbocycles. The van der Waals surface area contributed by atoms with Crippen molar-refractivity contribution in [1.29, 1.82) is 0 Å². The summed E-state index contributed by atoms with van der Waals surface area (Å²) in [7, 11) is 0. The first kappa shape index (κ1) is 28.2. The zero-order valence-electron chi connectivity index (χ0n) is 23.8. The van der Waals surface area contributed by atoms with Crippen LogP contribution in [0.25, 0.3) is 5.82 Å². The van der Waals surface area contributed by atoms with E-state index in [1.807, 2.05) is 41.1 Å². The number of rotatable bonds is 10. The lowest BCUT2D eigenvalue weighted by molar-refractivity contribution is -0.123. The van der Waals surface area contributed by atoms with E-state index in [1.54, 1.807) is 12.5 Å². The van der Waals surface area contributed by atoms with Gasteiger partial charge in [0.2, 0.25) is 11.9 Å². The van der Waals surface area contributed by atoms with E-state index >= 15 is 0 Å². The third-order valence-corrected chi connectivity index (χ3v) is 8.67. The van der Waals surface area contributed by atoms with Crippen LogP contribution in [-0.2, 0) is 17.8 Å². The molecular formula is C33H38ClN7O. The van der Waals surface area contributed by atoms with Crippen molar-refractivity contribution in [2.45, 2.75) is 76.4 Å². The van der Waals surface area contributed by atoms with Crippen molar-refractivity contribution in [3.63, 3.8) is 0 Å². The Morgan fingerprint density at radius 1 is 1.00 bits per heavy atom. The third kappa shape index (κ3) is 7.10. The highest BCUT2D eigenvalue weighted by atomic mass is 35.5. The highest BCUT2D eigenvalue weighted by Gasteiger charge is 2.29. The van der Waals surface area contributed by atoms with Crippen molar-refractivity contribution in [1.82, 2.24) is 24.8 Å². The van der Waals surface area contributed by atoms with Crippen LogP contribution in [0.4, 0.5) is 11.8 Å². The molecule has 8 nitrogen and oxygen atoms in total. The van der Waals surface area contributed by atoms with Crippen molar-refractivity contribution < 1.29 is 4.79 Å². The molecule has 6 rings (SSSR count). The number of aryl methyl sites for hydroxylation is 1. The van der Waals surface area contributed by atoms with Crippen molar-refractivity contribution in [3.8, 4) is 5.82 Å². The number of benzene rings is 2. The van der Waals surface area contributed by atoms with E-state index in [1.165, 1.54) is 30.4 Å². The predicted molar refractivity (Wildman–Crippen MR) is 167 cm³/mol. The van der Waals surface area contributed by atoms with Crippen LogP contribution in [-0.4, -0.2) is 31.5 Å². The average molecular weight is 584 g/mol. The van der Waals surface area contributed by atoms with Crippen LogP contribution < -0.4 is 16.0 Å². The van der Waals surface area contributed by atoms with Gasteiger partial charge < -0.3 is 16.0 Å². The molecule has 1 fully saturated rings. The summed E-state index contributed by atoms with van der Waals surface area (Å²) in [6.45, 7) is 0.514. The fourth-order valence-electron chi connectivity index (χ4n) is 6.28. The summed E-state index contributed by atoms with van der Waals surface area (Å²) in [6, 6.07) is 17.7. The lowest BCUT2D eigenvalue weighted by Gasteiger charge is -2.31. The smallest absolute Gasteiger partial charge is 0.243 e. The quantitative estimate of drug-likeness (QED) is 0.188. The SMILES string of the molecule is O=C(NC1CCCc2ccccc21)[C@@H](CC1CCCCC1)Nc1cc(-n2ccnc2)nc(NCc2cccc(Cl)c2)n1. The number of carbonyl (C=O) groups excluding carboxylic acids is 1. The van der Waals surface area contributed by atoms with Crippen LogP contribution in [0.3, 0.4) is 0 Å². The minimum atomic E-state index is -0.409. The molecule has 0 radical (unpaired) electrons. The van der Waals surface area contributed by atoms with Crippen molar-refractivity contribution in [2.75, 3.05) is 10.6 Å². The molecule has 1 saturated carbocycles. The van der Waals surface area contributed by atoms with E-state index in [9.17, 15) is 4.79 Å². The molecule has 0 spiro atoms. The van der Waals surface area contributed by atoms with E-state index in [0.717, 1.165) is 44.1 Å². The molecule has 0 saturated heterocycles. The van der Waals surface area contributed by atoms with Crippen LogP contribution in [0.2, 0.25) is 5.02 Å². The van der Waals surface area contributed by atoms with Gasteiger partial charge in [-0.1, -0.05) is 80.1 Å². The monoisotopic (exact) mass is 583 g/mol. The Bertz CT molecular complexity index is 1490. The van der Waals surface area contributed by atoms with Crippen LogP contribution >= 0.6 is 11.6 Å². The minimum Gasteiger partial charge on any atom is -0.358 e. The summed E-state index contributed by atoms with van der Waals surface area (Å²) in [5, 5.41) is 11.0. The second kappa shape index (κ2) is 13.4. The average Bonchev–Trinajstić information content (AvgIpc) is 3.56. The van der Waals surface area contributed by atoms with Gasteiger partial charge in [-0.3, -0.25) is 9.36 Å². The number of amides is 1. The number of nitrogens with one attached hydrogen (secondary N) is 3. The Hall–Kier alpha value is -3.91. The van der Waals surface area contributed by atoms with Crippen LogP contribution in [0.15, 0.2) is 73.3 Å². The standard InChI is InChI=1S/C33H38ClN7O/c34-26-13-6-10-24(18-26)21-36-33-39-30(20-31(40-33)41-17-16-35-22-41)37-29(19-23-8-2-1-3-9-23)32(42)38-28-15-7-12-25-11-4-5-14-27(25)28/h4-6,10-11,13-14,16-18,20,22-23,28-29H,1-3,7-9,12,15,19,21H2,(H,38,42)(H2,36,37,39,40)/t28?,29-/m1/s1. The van der Waals surface area contributed by atoms with Gasteiger partial charge >= 0.3 is 0 Å². The van der Waals surface area contributed by atoms with Gasteiger partial charge in [0.05, 0.1) is 6.04 Å². The zero-order valence-corrected chi connectivity index (χ0v) is 24.6. The molecule has 1 unspecified atom stereocenters. The molecular weight excluding hydrogens is 546 g/mol. The third-order valence-electron chi connectivity index (χ3n) is 8.44. The highest BCUT2D eigenvalue weighted by molar-refractivity contribution is 6.30. The van der Waals surface area contributed by atoms with E-state index in [4.69, 9.17) is 21.6 Å². The number of hydrogen-bond donors (Lipinski definition) is 3. The molecule has 2 aromatic heterocycles. The highest BCUT2D eigenvalue weighted by Crippen LogP contribution is 2.31. The maximum atomic E-state index is 14.0. The molecule has 0 aliphatic heterocycles. The Morgan fingerprint density at radius 3 is 2.71 bits per heavy atom. The van der Waals surface area contributed by atoms with Gasteiger partial charge in [-0.25, -0.2) is 4.98 Å². The largest absolute Gasteiger partial charge is 0.358 e. The second-order valence-electron chi connectivity index (χ2n) is 11.5. The minimum absolute atomic E-state index is 0.0264. The van der Waals surface area contributed by atoms with Gasteiger partial charge in [-0.15, -0.1) is 0 Å². The van der Waals surface area contributed by atoms with Crippen molar-refractivity contribution >= 4 is 29.3 Å². The first-order valence-corrected chi connectivity index (χ1v) is 15.5. The summed E-state index contributed by atoms with van der Waals surface area (Å²) < 4.78 is 1.84. The predicted octanol–water partition coefficient (Wildman–Crippen LogP) is 6.87. The van der Waals surface area contributed by atoms with Gasteiger partial charge in [0, 0.05) is 30.0 Å². The summed E-state index contributed by atoms with van der Waals surface area (Å²) in [5.74, 6) is 2.26. The molecule has 2 aromatic carbocycles. The molecule has 2 heterocycles. The molecule has 0 bridgehead atoms. The number of anilines is 2. The molecule has 4 aromatic rings. The Kier molecular flexibility index (Phi) is 8.99. The number of aromatic nitrogens is 4. The first-order valence-electron chi connectivity index (χ1n) is 15.1. The molecule has 1 amide bonds. The van der Waals surface area contributed by atoms with E-state index in [-0.39, 0.29) is 11.9 Å². The van der Waals surface area contributed by atoms with E-state index in [2.05, 4.69) is 45.2 Å². The summed E-state index contributed by atoms with van der Waals surface area (Å²) in [5.41, 5.74) is 3.60. The topological polar surface area (TPSA) is 96.8 Å². The second-order valence-corrected chi connectivity index (χ2v) is 11.9. The summed E-state index contributed by atoms with van der Waals surface area (Å²) in [6.07, 6.45) is 15.2. The Labute approximate surface area is 252 Å². The van der Waals surface area contributed by atoms with Gasteiger partial charge in [0.15, 0.2) is 0 Å². The van der Waals surface area contributed by atoms with Gasteiger partial charge in [0.1, 0.15) is 24.0 Å². The molecule has 218 valence electrons. The fourth-order valence-corrected chi connectivity index (χ4v) is 6.50. The first-order chi connectivity index (χ1) is 20.6. The molecule has 3 N–H and O–H groups in total. The fraction of sp³-hybridized carbons (Fsp3) is 0.394. The lowest BCUT2D eigenvalue weighted by Crippen LogP contribution is -2.43. The molecule has 2 aliphatic rings. The van der Waals surface area contributed by atoms with Crippen LogP contribution in [0, 0.1) is 5.92 Å². The number of imidazole rings is 1. The summed E-state index contributed by atoms with van der Waals surface area (Å²) >= 11 is 6.19. The van der Waals surface area contributed by atoms with E-state index < -0.39 is 6.04 Å². The lowest BCUT2D eigenvalue weighted by atomic mass is 9.84.